The summed E-state index contributed by atoms with van der Waals surface area (Å²) in [5, 5.41) is 1.09. The Balaban J connectivity index is 2.23. The number of hydrogen-bond acceptors (Lipinski definition) is 3. The number of hydrogen-bond donors (Lipinski definition) is 1. The number of thiazole rings is 1. The minimum Gasteiger partial charge on any atom is -0.330 e. The van der Waals surface area contributed by atoms with E-state index in [9.17, 15) is 0 Å². The van der Waals surface area contributed by atoms with E-state index in [-0.39, 0.29) is 6.04 Å². The molecule has 0 saturated heterocycles. The summed E-state index contributed by atoms with van der Waals surface area (Å²) in [6, 6.07) is 6.42. The van der Waals surface area contributed by atoms with Crippen molar-refractivity contribution in [2.24, 2.45) is 0 Å². The standard InChI is InChI=1S/C14H15N3S2/c1-8-5-4-6-11-12(8)16-14(18)17(11)10(3)13-15-7-9(2)19-13/h4-7,10H,1-3H3,(H,16,18). The zero-order chi connectivity index (χ0) is 13.6. The molecule has 3 rings (SSSR count). The summed E-state index contributed by atoms with van der Waals surface area (Å²) in [6.45, 7) is 6.31. The maximum absolute atomic E-state index is 5.48. The van der Waals surface area contributed by atoms with Crippen LogP contribution in [0.15, 0.2) is 24.4 Å². The number of nitrogens with one attached hydrogen (secondary N) is 1. The summed E-state index contributed by atoms with van der Waals surface area (Å²) in [4.78, 5) is 9.01. The second kappa shape index (κ2) is 4.58. The third kappa shape index (κ3) is 2.03. The second-order valence-electron chi connectivity index (χ2n) is 4.75. The number of H-pyrrole nitrogens is 1. The molecule has 0 amide bonds. The normalized spacial score (nSPS) is 13.0. The highest BCUT2D eigenvalue weighted by atomic mass is 32.1. The Morgan fingerprint density at radius 3 is 2.84 bits per heavy atom. The fraction of sp³-hybridized carbons (Fsp3) is 0.286. The first-order valence-electron chi connectivity index (χ1n) is 6.20. The zero-order valence-electron chi connectivity index (χ0n) is 11.1. The molecule has 0 aliphatic carbocycles. The van der Waals surface area contributed by atoms with Crippen molar-refractivity contribution in [1.29, 1.82) is 0 Å². The van der Waals surface area contributed by atoms with Crippen molar-refractivity contribution >= 4 is 34.6 Å². The number of rotatable bonds is 2. The molecule has 3 aromatic rings. The average molecular weight is 289 g/mol. The Morgan fingerprint density at radius 2 is 2.16 bits per heavy atom. The van der Waals surface area contributed by atoms with E-state index < -0.39 is 0 Å². The minimum absolute atomic E-state index is 0.154. The number of aromatic nitrogens is 3. The molecule has 0 radical (unpaired) electrons. The molecule has 0 saturated carbocycles. The maximum atomic E-state index is 5.48. The molecule has 0 fully saturated rings. The lowest BCUT2D eigenvalue weighted by Crippen LogP contribution is -2.06. The first-order chi connectivity index (χ1) is 9.08. The van der Waals surface area contributed by atoms with Gasteiger partial charge in [0.05, 0.1) is 17.1 Å². The van der Waals surface area contributed by atoms with Crippen molar-refractivity contribution in [3.63, 3.8) is 0 Å². The molecule has 19 heavy (non-hydrogen) atoms. The van der Waals surface area contributed by atoms with E-state index >= 15 is 0 Å². The number of benzene rings is 1. The first-order valence-corrected chi connectivity index (χ1v) is 7.42. The van der Waals surface area contributed by atoms with Crippen molar-refractivity contribution in [1.82, 2.24) is 14.5 Å². The molecule has 1 N–H and O–H groups in total. The molecule has 1 unspecified atom stereocenters. The Labute approximate surface area is 120 Å². The van der Waals surface area contributed by atoms with Gasteiger partial charge < -0.3 is 9.55 Å². The van der Waals surface area contributed by atoms with Crippen LogP contribution >= 0.6 is 23.6 Å². The Bertz CT molecular complexity index is 794. The quantitative estimate of drug-likeness (QED) is 0.710. The third-order valence-electron chi connectivity index (χ3n) is 3.34. The molecular weight excluding hydrogens is 274 g/mol. The van der Waals surface area contributed by atoms with Gasteiger partial charge in [-0.25, -0.2) is 4.98 Å². The monoisotopic (exact) mass is 289 g/mol. The topological polar surface area (TPSA) is 33.6 Å². The van der Waals surface area contributed by atoms with Crippen LogP contribution in [0.1, 0.15) is 28.4 Å². The van der Waals surface area contributed by atoms with Gasteiger partial charge in [0.1, 0.15) is 5.01 Å². The average Bonchev–Trinajstić information content (AvgIpc) is 2.93. The van der Waals surface area contributed by atoms with Crippen molar-refractivity contribution in [2.45, 2.75) is 26.8 Å². The largest absolute Gasteiger partial charge is 0.330 e. The minimum atomic E-state index is 0.154. The fourth-order valence-corrected chi connectivity index (χ4v) is 3.53. The number of aromatic amines is 1. The molecule has 2 aromatic heterocycles. The van der Waals surface area contributed by atoms with E-state index in [1.165, 1.54) is 10.4 Å². The van der Waals surface area contributed by atoms with Gasteiger partial charge in [0.15, 0.2) is 4.77 Å². The van der Waals surface area contributed by atoms with Crippen molar-refractivity contribution in [3.05, 3.63) is 44.6 Å². The predicted octanol–water partition coefficient (Wildman–Crippen LogP) is 4.38. The summed E-state index contributed by atoms with van der Waals surface area (Å²) >= 11 is 7.20. The van der Waals surface area contributed by atoms with Crippen LogP contribution in [0.2, 0.25) is 0 Å². The third-order valence-corrected chi connectivity index (χ3v) is 4.73. The van der Waals surface area contributed by atoms with E-state index in [4.69, 9.17) is 12.2 Å². The van der Waals surface area contributed by atoms with Crippen LogP contribution in [0, 0.1) is 18.6 Å². The molecule has 5 heteroatoms. The van der Waals surface area contributed by atoms with Crippen molar-refractivity contribution in [3.8, 4) is 0 Å². The Kier molecular flexibility index (Phi) is 3.03. The van der Waals surface area contributed by atoms with Gasteiger partial charge in [-0.15, -0.1) is 11.3 Å². The van der Waals surface area contributed by atoms with Crippen LogP contribution in [-0.2, 0) is 0 Å². The summed E-state index contributed by atoms with van der Waals surface area (Å²) in [5.41, 5.74) is 3.47. The van der Waals surface area contributed by atoms with Gasteiger partial charge in [0.2, 0.25) is 0 Å². The molecule has 1 aromatic carbocycles. The van der Waals surface area contributed by atoms with Crippen LogP contribution in [0.3, 0.4) is 0 Å². The Morgan fingerprint density at radius 1 is 1.37 bits per heavy atom. The molecule has 0 spiro atoms. The number of imidazole rings is 1. The maximum Gasteiger partial charge on any atom is 0.178 e. The molecule has 0 bridgehead atoms. The summed E-state index contributed by atoms with van der Waals surface area (Å²) in [7, 11) is 0. The van der Waals surface area contributed by atoms with Crippen molar-refractivity contribution < 1.29 is 0 Å². The lowest BCUT2D eigenvalue weighted by molar-refractivity contribution is 0.644. The highest BCUT2D eigenvalue weighted by Gasteiger charge is 2.16. The molecule has 98 valence electrons. The van der Waals surface area contributed by atoms with E-state index in [0.717, 1.165) is 20.8 Å². The number of aryl methyl sites for hydroxylation is 2. The van der Waals surface area contributed by atoms with Gasteiger partial charge in [0, 0.05) is 11.1 Å². The van der Waals surface area contributed by atoms with E-state index in [1.807, 2.05) is 6.20 Å². The molecule has 0 aliphatic rings. The van der Waals surface area contributed by atoms with Crippen LogP contribution in [-0.4, -0.2) is 14.5 Å². The first kappa shape index (κ1) is 12.6. The van der Waals surface area contributed by atoms with E-state index in [1.54, 1.807) is 11.3 Å². The predicted molar refractivity (Wildman–Crippen MR) is 82.5 cm³/mol. The number of nitrogens with zero attached hydrogens (tertiary/aromatic N) is 2. The highest BCUT2D eigenvalue weighted by Crippen LogP contribution is 2.28. The molecular formula is C14H15N3S2. The number of para-hydroxylation sites is 1. The van der Waals surface area contributed by atoms with Gasteiger partial charge in [-0.05, 0) is 44.6 Å². The van der Waals surface area contributed by atoms with Gasteiger partial charge in [0.25, 0.3) is 0 Å². The van der Waals surface area contributed by atoms with Gasteiger partial charge >= 0.3 is 0 Å². The molecule has 0 aliphatic heterocycles. The van der Waals surface area contributed by atoms with Gasteiger partial charge in [-0.1, -0.05) is 12.1 Å². The van der Waals surface area contributed by atoms with Crippen LogP contribution in [0.4, 0.5) is 0 Å². The van der Waals surface area contributed by atoms with Crippen molar-refractivity contribution in [2.75, 3.05) is 0 Å². The van der Waals surface area contributed by atoms with Gasteiger partial charge in [-0.2, -0.15) is 0 Å². The smallest absolute Gasteiger partial charge is 0.178 e. The molecule has 3 nitrogen and oxygen atoms in total. The van der Waals surface area contributed by atoms with Crippen LogP contribution in [0.25, 0.3) is 11.0 Å². The van der Waals surface area contributed by atoms with E-state index in [0.29, 0.717) is 0 Å². The van der Waals surface area contributed by atoms with E-state index in [2.05, 4.69) is 53.5 Å². The molecule has 1 atom stereocenters. The second-order valence-corrected chi connectivity index (χ2v) is 6.41. The summed E-state index contributed by atoms with van der Waals surface area (Å²) < 4.78 is 2.90. The summed E-state index contributed by atoms with van der Waals surface area (Å²) in [6.07, 6.45) is 1.92. The lowest BCUT2D eigenvalue weighted by atomic mass is 10.2. The van der Waals surface area contributed by atoms with Crippen LogP contribution < -0.4 is 0 Å². The van der Waals surface area contributed by atoms with Crippen LogP contribution in [0.5, 0.6) is 0 Å². The zero-order valence-corrected chi connectivity index (χ0v) is 12.7. The van der Waals surface area contributed by atoms with Gasteiger partial charge in [-0.3, -0.25) is 0 Å². The fourth-order valence-electron chi connectivity index (χ4n) is 2.35. The SMILES string of the molecule is Cc1cnc(C(C)n2c(=S)[nH]c3c(C)cccc32)s1. The molecule has 2 heterocycles. The highest BCUT2D eigenvalue weighted by molar-refractivity contribution is 7.71. The summed E-state index contributed by atoms with van der Waals surface area (Å²) in [5.74, 6) is 0. The lowest BCUT2D eigenvalue weighted by Gasteiger charge is -2.11. The number of fused-ring (bicyclic) bond motifs is 1. The Hall–Kier alpha value is -1.46.